The molecule has 0 saturated heterocycles. The van der Waals surface area contributed by atoms with E-state index in [0.29, 0.717) is 37.9 Å². The molecule has 1 atom stereocenters. The lowest BCUT2D eigenvalue weighted by atomic mass is 9.85. The van der Waals surface area contributed by atoms with E-state index in [1.54, 1.807) is 12.1 Å². The highest BCUT2D eigenvalue weighted by molar-refractivity contribution is 5.92. The van der Waals surface area contributed by atoms with Crippen molar-refractivity contribution in [2.45, 2.75) is 103 Å². The Labute approximate surface area is 269 Å². The molecule has 4 rings (SSSR count). The number of hydrogen-bond acceptors (Lipinski definition) is 6. The van der Waals surface area contributed by atoms with E-state index in [1.807, 2.05) is 36.4 Å². The van der Waals surface area contributed by atoms with Crippen molar-refractivity contribution >= 4 is 11.9 Å². The second-order valence-corrected chi connectivity index (χ2v) is 12.0. The van der Waals surface area contributed by atoms with Crippen molar-refractivity contribution in [1.29, 1.82) is 0 Å². The lowest BCUT2D eigenvalue weighted by Gasteiger charge is -2.31. The van der Waals surface area contributed by atoms with Gasteiger partial charge in [0, 0.05) is 18.2 Å². The topological polar surface area (TPSA) is 74.7 Å². The van der Waals surface area contributed by atoms with Crippen LogP contribution >= 0.6 is 0 Å². The number of carbonyl (C=O) groups is 2. The third-order valence-corrected chi connectivity index (χ3v) is 8.38. The first-order valence-electron chi connectivity index (χ1n) is 16.5. The maximum Gasteiger partial charge on any atom is 0.425 e. The fourth-order valence-corrected chi connectivity index (χ4v) is 5.73. The maximum absolute atomic E-state index is 13.6. The average Bonchev–Trinajstić information content (AvgIpc) is 3.07. The molecule has 3 aromatic rings. The predicted octanol–water partition coefficient (Wildman–Crippen LogP) is 10.2. The summed E-state index contributed by atoms with van der Waals surface area (Å²) >= 11 is 0. The molecule has 0 aliphatic heterocycles. The Hall–Kier alpha value is -3.88. The van der Waals surface area contributed by atoms with Crippen molar-refractivity contribution < 1.29 is 37.0 Å². The number of pyridine rings is 1. The number of unbranched alkanes of at least 4 members (excludes halogenated alkanes) is 7. The van der Waals surface area contributed by atoms with Gasteiger partial charge in [-0.3, -0.25) is 0 Å². The highest BCUT2D eigenvalue weighted by atomic mass is 19.4. The molecule has 6 nitrogen and oxygen atoms in total. The van der Waals surface area contributed by atoms with Gasteiger partial charge in [-0.25, -0.2) is 14.6 Å². The van der Waals surface area contributed by atoms with Crippen LogP contribution in [-0.4, -0.2) is 35.8 Å². The van der Waals surface area contributed by atoms with Gasteiger partial charge in [0.25, 0.3) is 0 Å². The van der Waals surface area contributed by atoms with Gasteiger partial charge in [-0.1, -0.05) is 95.4 Å². The van der Waals surface area contributed by atoms with E-state index in [-0.39, 0.29) is 11.4 Å². The van der Waals surface area contributed by atoms with Crippen LogP contribution in [0.2, 0.25) is 0 Å². The number of alkyl halides is 3. The van der Waals surface area contributed by atoms with E-state index >= 15 is 0 Å². The van der Waals surface area contributed by atoms with Crippen LogP contribution in [-0.2, 0) is 4.74 Å². The number of benzene rings is 2. The second-order valence-electron chi connectivity index (χ2n) is 12.0. The number of rotatable bonds is 16. The summed E-state index contributed by atoms with van der Waals surface area (Å²) in [5, 5.41) is 0. The van der Waals surface area contributed by atoms with E-state index < -0.39 is 30.1 Å². The summed E-state index contributed by atoms with van der Waals surface area (Å²) < 4.78 is 57.0. The Balaban J connectivity index is 1.23. The Morgan fingerprint density at radius 1 is 0.761 bits per heavy atom. The summed E-state index contributed by atoms with van der Waals surface area (Å²) in [6.45, 7) is 2.93. The summed E-state index contributed by atoms with van der Waals surface area (Å²) in [5.41, 5.74) is 2.02. The molecule has 0 N–H and O–H groups in total. The Bertz CT molecular complexity index is 1350. The maximum atomic E-state index is 13.6. The van der Waals surface area contributed by atoms with Crippen LogP contribution in [0.1, 0.15) is 111 Å². The van der Waals surface area contributed by atoms with Gasteiger partial charge < -0.3 is 14.2 Å². The first-order valence-corrected chi connectivity index (χ1v) is 16.5. The summed E-state index contributed by atoms with van der Waals surface area (Å²) in [6.07, 6.45) is 7.25. The molecule has 248 valence electrons. The fourth-order valence-electron chi connectivity index (χ4n) is 5.73. The molecule has 2 aromatic carbocycles. The molecule has 1 heterocycles. The molecule has 1 aromatic heterocycles. The first-order chi connectivity index (χ1) is 22.2. The van der Waals surface area contributed by atoms with Crippen LogP contribution in [0.4, 0.5) is 13.2 Å². The van der Waals surface area contributed by atoms with Gasteiger partial charge in [0.05, 0.1) is 17.7 Å². The monoisotopic (exact) mass is 639 g/mol. The van der Waals surface area contributed by atoms with Gasteiger partial charge in [-0.15, -0.1) is 0 Å². The SMILES string of the molecule is CCCCCCCCCCOc1ccc(-c2ccc(C(=O)Oc3ccc(C(=O)OC(C4CCCCC4)C(F)(F)F)cn3)cc2)cc1. The number of aromatic nitrogens is 1. The van der Waals surface area contributed by atoms with Crippen LogP contribution in [0.3, 0.4) is 0 Å². The third kappa shape index (κ3) is 10.9. The van der Waals surface area contributed by atoms with Crippen LogP contribution < -0.4 is 9.47 Å². The molecule has 1 aliphatic carbocycles. The number of esters is 2. The predicted molar refractivity (Wildman–Crippen MR) is 171 cm³/mol. The number of carbonyl (C=O) groups excluding carboxylic acids is 2. The molecule has 0 bridgehead atoms. The number of halogens is 3. The van der Waals surface area contributed by atoms with E-state index in [0.717, 1.165) is 35.9 Å². The summed E-state index contributed by atoms with van der Waals surface area (Å²) in [5.74, 6) is -1.79. The van der Waals surface area contributed by atoms with Gasteiger partial charge in [-0.2, -0.15) is 13.2 Å². The molecular weight excluding hydrogens is 595 g/mol. The van der Waals surface area contributed by atoms with E-state index in [1.165, 1.54) is 57.1 Å². The number of nitrogens with zero attached hydrogens (tertiary/aromatic N) is 1. The summed E-state index contributed by atoms with van der Waals surface area (Å²) in [7, 11) is 0. The smallest absolute Gasteiger partial charge is 0.425 e. The van der Waals surface area contributed by atoms with Crippen molar-refractivity contribution in [2.75, 3.05) is 6.61 Å². The number of ether oxygens (including phenoxy) is 3. The molecule has 1 aliphatic rings. The lowest BCUT2D eigenvalue weighted by Crippen LogP contribution is -2.41. The standard InChI is InChI=1S/C37H44F3NO5/c1-2-3-4-5-6-7-8-12-25-44-32-22-19-28(20-23-32)27-15-17-30(18-16-27)35(42)45-33-24-21-31(26-41-33)36(43)46-34(37(38,39)40)29-13-10-9-11-14-29/h15-24,26,29,34H,2-14,25H2,1H3. The molecule has 0 amide bonds. The zero-order valence-corrected chi connectivity index (χ0v) is 26.5. The molecule has 0 radical (unpaired) electrons. The number of hydrogen-bond donors (Lipinski definition) is 0. The fraction of sp³-hybridized carbons (Fsp3) is 0.486. The molecule has 0 spiro atoms. The Morgan fingerprint density at radius 3 is 1.93 bits per heavy atom. The third-order valence-electron chi connectivity index (χ3n) is 8.38. The largest absolute Gasteiger partial charge is 0.494 e. The van der Waals surface area contributed by atoms with Gasteiger partial charge in [0.2, 0.25) is 5.88 Å². The minimum Gasteiger partial charge on any atom is -0.494 e. The van der Waals surface area contributed by atoms with Gasteiger partial charge in [0.15, 0.2) is 6.10 Å². The average molecular weight is 640 g/mol. The second kappa shape index (κ2) is 17.7. The first kappa shape index (κ1) is 35.0. The van der Waals surface area contributed by atoms with Crippen molar-refractivity contribution in [3.05, 3.63) is 78.0 Å². The molecule has 1 unspecified atom stereocenters. The van der Waals surface area contributed by atoms with Crippen molar-refractivity contribution in [3.63, 3.8) is 0 Å². The van der Waals surface area contributed by atoms with Gasteiger partial charge >= 0.3 is 18.1 Å². The van der Waals surface area contributed by atoms with Gasteiger partial charge in [0.1, 0.15) is 5.75 Å². The van der Waals surface area contributed by atoms with E-state index in [4.69, 9.17) is 14.2 Å². The van der Waals surface area contributed by atoms with E-state index in [2.05, 4.69) is 11.9 Å². The highest BCUT2D eigenvalue weighted by Crippen LogP contribution is 2.37. The van der Waals surface area contributed by atoms with E-state index in [9.17, 15) is 22.8 Å². The minimum absolute atomic E-state index is 0.0900. The van der Waals surface area contributed by atoms with Gasteiger partial charge in [-0.05, 0) is 60.7 Å². The zero-order valence-electron chi connectivity index (χ0n) is 26.5. The minimum atomic E-state index is -4.65. The van der Waals surface area contributed by atoms with Crippen molar-refractivity contribution in [3.8, 4) is 22.8 Å². The zero-order chi connectivity index (χ0) is 32.8. The van der Waals surface area contributed by atoms with Crippen molar-refractivity contribution in [2.24, 2.45) is 5.92 Å². The van der Waals surface area contributed by atoms with Crippen LogP contribution in [0.25, 0.3) is 11.1 Å². The molecule has 1 fully saturated rings. The molecular formula is C37H44F3NO5. The normalized spacial score (nSPS) is 14.4. The summed E-state index contributed by atoms with van der Waals surface area (Å²) in [6, 6.07) is 17.2. The van der Waals surface area contributed by atoms with Crippen molar-refractivity contribution in [1.82, 2.24) is 4.98 Å². The van der Waals surface area contributed by atoms with Crippen LogP contribution in [0.5, 0.6) is 11.6 Å². The lowest BCUT2D eigenvalue weighted by molar-refractivity contribution is -0.222. The Kier molecular flexibility index (Phi) is 13.5. The van der Waals surface area contributed by atoms with Crippen LogP contribution in [0.15, 0.2) is 66.9 Å². The highest BCUT2D eigenvalue weighted by Gasteiger charge is 2.48. The molecule has 1 saturated carbocycles. The molecule has 46 heavy (non-hydrogen) atoms. The summed E-state index contributed by atoms with van der Waals surface area (Å²) in [4.78, 5) is 29.1. The molecule has 9 heteroatoms. The Morgan fingerprint density at radius 2 is 1.35 bits per heavy atom. The van der Waals surface area contributed by atoms with Crippen LogP contribution in [0, 0.1) is 5.92 Å². The quantitative estimate of drug-likeness (QED) is 0.115.